The van der Waals surface area contributed by atoms with Gasteiger partial charge in [0, 0.05) is 5.57 Å². The van der Waals surface area contributed by atoms with E-state index in [0.717, 1.165) is 18.4 Å². The average molecular weight is 366 g/mol. The van der Waals surface area contributed by atoms with Gasteiger partial charge in [-0.1, -0.05) is 109 Å². The molecule has 0 bridgehead atoms. The number of unbranched alkanes of at least 4 members (excludes halogenated alkanes) is 14. The number of rotatable bonds is 19. The lowest BCUT2D eigenvalue weighted by atomic mass is 9.95. The van der Waals surface area contributed by atoms with Crippen molar-refractivity contribution in [3.63, 3.8) is 0 Å². The van der Waals surface area contributed by atoms with E-state index < -0.39 is 0 Å². The summed E-state index contributed by atoms with van der Waals surface area (Å²) in [5, 5.41) is 0. The van der Waals surface area contributed by atoms with Crippen LogP contribution in [-0.2, 0) is 4.79 Å². The topological polar surface area (TPSA) is 43.1 Å². The van der Waals surface area contributed by atoms with E-state index in [2.05, 4.69) is 13.8 Å². The molecule has 0 aromatic carbocycles. The molecule has 26 heavy (non-hydrogen) atoms. The van der Waals surface area contributed by atoms with E-state index in [1.54, 1.807) is 0 Å². The van der Waals surface area contributed by atoms with Crippen LogP contribution in [0.3, 0.4) is 0 Å². The molecule has 1 amide bonds. The molecule has 0 radical (unpaired) electrons. The highest BCUT2D eigenvalue weighted by atomic mass is 16.1. The van der Waals surface area contributed by atoms with E-state index in [0.29, 0.717) is 0 Å². The van der Waals surface area contributed by atoms with Gasteiger partial charge in [0.15, 0.2) is 0 Å². The highest BCUT2D eigenvalue weighted by Crippen LogP contribution is 2.22. The lowest BCUT2D eigenvalue weighted by molar-refractivity contribution is -0.114. The summed E-state index contributed by atoms with van der Waals surface area (Å²) in [7, 11) is 0. The maximum atomic E-state index is 11.6. The number of allylic oxidation sites excluding steroid dienone is 1. The van der Waals surface area contributed by atoms with Crippen molar-refractivity contribution < 1.29 is 4.79 Å². The van der Waals surface area contributed by atoms with Crippen LogP contribution in [0.15, 0.2) is 11.1 Å². The Morgan fingerprint density at radius 2 is 0.885 bits per heavy atom. The maximum Gasteiger partial charge on any atom is 0.244 e. The summed E-state index contributed by atoms with van der Waals surface area (Å²) in [6.07, 6.45) is 23.5. The van der Waals surface area contributed by atoms with E-state index in [1.165, 1.54) is 108 Å². The molecule has 0 heterocycles. The fourth-order valence-corrected chi connectivity index (χ4v) is 3.62. The van der Waals surface area contributed by atoms with Crippen LogP contribution in [0.5, 0.6) is 0 Å². The Morgan fingerprint density at radius 3 is 1.19 bits per heavy atom. The molecule has 0 fully saturated rings. The molecule has 0 aliphatic carbocycles. The number of primary amides is 1. The Balaban J connectivity index is 3.90. The number of carbonyl (C=O) groups excluding carboxylic acids is 1. The highest BCUT2D eigenvalue weighted by molar-refractivity contribution is 5.92. The second kappa shape index (κ2) is 19.0. The first-order valence-corrected chi connectivity index (χ1v) is 11.6. The SMILES string of the molecule is CCCCCCCCCCC(CCCCCCCCCC)=C(C)C(N)=O. The Hall–Kier alpha value is -0.790. The summed E-state index contributed by atoms with van der Waals surface area (Å²) in [5.41, 5.74) is 7.69. The molecule has 0 spiro atoms. The average Bonchev–Trinajstić information content (AvgIpc) is 2.63. The molecule has 0 unspecified atom stereocenters. The second-order valence-corrected chi connectivity index (χ2v) is 8.04. The summed E-state index contributed by atoms with van der Waals surface area (Å²) in [4.78, 5) is 11.6. The van der Waals surface area contributed by atoms with Gasteiger partial charge in [0.25, 0.3) is 0 Å². The van der Waals surface area contributed by atoms with Crippen molar-refractivity contribution in [2.75, 3.05) is 0 Å². The van der Waals surface area contributed by atoms with Crippen LogP contribution in [-0.4, -0.2) is 5.91 Å². The number of nitrogens with two attached hydrogens (primary N) is 1. The normalized spacial score (nSPS) is 10.9. The number of carbonyl (C=O) groups is 1. The first kappa shape index (κ1) is 25.2. The largest absolute Gasteiger partial charge is 0.366 e. The maximum absolute atomic E-state index is 11.6. The Bertz CT molecular complexity index is 337. The fourth-order valence-electron chi connectivity index (χ4n) is 3.62. The summed E-state index contributed by atoms with van der Waals surface area (Å²) >= 11 is 0. The van der Waals surface area contributed by atoms with Gasteiger partial charge in [0.05, 0.1) is 0 Å². The number of amides is 1. The minimum absolute atomic E-state index is 0.223. The highest BCUT2D eigenvalue weighted by Gasteiger charge is 2.08. The van der Waals surface area contributed by atoms with Gasteiger partial charge in [-0.15, -0.1) is 0 Å². The van der Waals surface area contributed by atoms with Crippen molar-refractivity contribution in [1.29, 1.82) is 0 Å². The molecule has 0 aromatic rings. The van der Waals surface area contributed by atoms with Gasteiger partial charge in [-0.2, -0.15) is 0 Å². The molecule has 0 rings (SSSR count). The predicted molar refractivity (Wildman–Crippen MR) is 116 cm³/mol. The minimum atomic E-state index is -0.223. The van der Waals surface area contributed by atoms with Gasteiger partial charge >= 0.3 is 0 Å². The van der Waals surface area contributed by atoms with E-state index in [4.69, 9.17) is 5.73 Å². The molecule has 2 heteroatoms. The third kappa shape index (κ3) is 15.5. The lowest BCUT2D eigenvalue weighted by Crippen LogP contribution is -2.14. The molecule has 0 saturated carbocycles. The zero-order chi connectivity index (χ0) is 19.5. The quantitative estimate of drug-likeness (QED) is 0.184. The van der Waals surface area contributed by atoms with Gasteiger partial charge in [-0.3, -0.25) is 4.79 Å². The third-order valence-electron chi connectivity index (χ3n) is 5.56. The van der Waals surface area contributed by atoms with Crippen LogP contribution in [0.2, 0.25) is 0 Å². The van der Waals surface area contributed by atoms with E-state index in [1.807, 2.05) is 6.92 Å². The van der Waals surface area contributed by atoms with Crippen LogP contribution in [0.25, 0.3) is 0 Å². The summed E-state index contributed by atoms with van der Waals surface area (Å²) < 4.78 is 0. The lowest BCUT2D eigenvalue weighted by Gasteiger charge is -2.11. The molecular formula is C24H47NO. The molecule has 2 N–H and O–H groups in total. The zero-order valence-corrected chi connectivity index (χ0v) is 18.2. The van der Waals surface area contributed by atoms with Crippen LogP contribution < -0.4 is 5.73 Å². The Labute approximate surface area is 164 Å². The smallest absolute Gasteiger partial charge is 0.244 e. The van der Waals surface area contributed by atoms with Gasteiger partial charge < -0.3 is 5.73 Å². The zero-order valence-electron chi connectivity index (χ0n) is 18.2. The molecule has 154 valence electrons. The molecule has 0 saturated heterocycles. The van der Waals surface area contributed by atoms with Gasteiger partial charge in [0.2, 0.25) is 5.91 Å². The summed E-state index contributed by atoms with van der Waals surface area (Å²) in [5.74, 6) is -0.223. The number of hydrogen-bond acceptors (Lipinski definition) is 1. The Morgan fingerprint density at radius 1 is 0.577 bits per heavy atom. The summed E-state index contributed by atoms with van der Waals surface area (Å²) in [6, 6.07) is 0. The monoisotopic (exact) mass is 365 g/mol. The van der Waals surface area contributed by atoms with Crippen molar-refractivity contribution in [3.05, 3.63) is 11.1 Å². The Kier molecular flexibility index (Phi) is 18.4. The second-order valence-electron chi connectivity index (χ2n) is 8.04. The molecular weight excluding hydrogens is 318 g/mol. The standard InChI is InChI=1S/C24H47NO/c1-4-6-8-10-12-14-16-18-20-23(22(3)24(25)26)21-19-17-15-13-11-9-7-5-2/h4-21H2,1-3H3,(H2,25,26). The van der Waals surface area contributed by atoms with E-state index in [9.17, 15) is 4.79 Å². The fraction of sp³-hybridized carbons (Fsp3) is 0.875. The van der Waals surface area contributed by atoms with Crippen molar-refractivity contribution in [1.82, 2.24) is 0 Å². The third-order valence-corrected chi connectivity index (χ3v) is 5.56. The van der Waals surface area contributed by atoms with E-state index >= 15 is 0 Å². The van der Waals surface area contributed by atoms with Gasteiger partial charge in [0.1, 0.15) is 0 Å². The number of hydrogen-bond donors (Lipinski definition) is 1. The minimum Gasteiger partial charge on any atom is -0.366 e. The van der Waals surface area contributed by atoms with Crippen molar-refractivity contribution in [3.8, 4) is 0 Å². The first-order chi connectivity index (χ1) is 12.6. The van der Waals surface area contributed by atoms with Crippen molar-refractivity contribution in [2.45, 2.75) is 136 Å². The van der Waals surface area contributed by atoms with Crippen LogP contribution in [0.4, 0.5) is 0 Å². The van der Waals surface area contributed by atoms with Crippen molar-refractivity contribution >= 4 is 5.91 Å². The van der Waals surface area contributed by atoms with Crippen LogP contribution in [0, 0.1) is 0 Å². The molecule has 2 nitrogen and oxygen atoms in total. The molecule has 0 atom stereocenters. The van der Waals surface area contributed by atoms with E-state index in [-0.39, 0.29) is 5.91 Å². The van der Waals surface area contributed by atoms with Crippen molar-refractivity contribution in [2.24, 2.45) is 5.73 Å². The van der Waals surface area contributed by atoms with Gasteiger partial charge in [-0.05, 0) is 32.6 Å². The van der Waals surface area contributed by atoms with Gasteiger partial charge in [-0.25, -0.2) is 0 Å². The predicted octanol–water partition coefficient (Wildman–Crippen LogP) is 7.85. The molecule has 0 aliphatic rings. The summed E-state index contributed by atoms with van der Waals surface area (Å²) in [6.45, 7) is 6.45. The molecule has 0 aromatic heterocycles. The van der Waals surface area contributed by atoms with Crippen LogP contribution >= 0.6 is 0 Å². The first-order valence-electron chi connectivity index (χ1n) is 11.6. The molecule has 0 aliphatic heterocycles. The van der Waals surface area contributed by atoms with Crippen LogP contribution in [0.1, 0.15) is 136 Å².